The lowest BCUT2D eigenvalue weighted by atomic mass is 10.3. The molecule has 0 aliphatic carbocycles. The summed E-state index contributed by atoms with van der Waals surface area (Å²) in [4.78, 5) is 13.2. The van der Waals surface area contributed by atoms with E-state index in [-0.39, 0.29) is 31.6 Å². The highest BCUT2D eigenvalue weighted by atomic mass is 16.4. The number of likely N-dealkylation sites (tertiary alicyclic amines) is 1. The van der Waals surface area contributed by atoms with Crippen LogP contribution in [0.15, 0.2) is 4.42 Å². The van der Waals surface area contributed by atoms with Crippen molar-refractivity contribution in [3.05, 3.63) is 5.89 Å². The van der Waals surface area contributed by atoms with Crippen LogP contribution in [0.1, 0.15) is 5.89 Å². The summed E-state index contributed by atoms with van der Waals surface area (Å²) in [6.45, 7) is 2.24. The van der Waals surface area contributed by atoms with Crippen molar-refractivity contribution in [3.8, 4) is 0 Å². The molecule has 0 spiro atoms. The highest BCUT2D eigenvalue weighted by Crippen LogP contribution is 2.10. The van der Waals surface area contributed by atoms with Gasteiger partial charge in [0.25, 0.3) is 0 Å². The molecule has 1 fully saturated rings. The zero-order valence-electron chi connectivity index (χ0n) is 9.33. The van der Waals surface area contributed by atoms with Crippen molar-refractivity contribution in [1.82, 2.24) is 15.1 Å². The van der Waals surface area contributed by atoms with Crippen molar-refractivity contribution >= 4 is 11.9 Å². The van der Waals surface area contributed by atoms with E-state index in [2.05, 4.69) is 15.5 Å². The molecule has 1 saturated heterocycles. The molecule has 1 amide bonds. The van der Waals surface area contributed by atoms with Crippen LogP contribution in [0, 0.1) is 6.92 Å². The quantitative estimate of drug-likeness (QED) is 0.582. The Bertz CT molecular complexity index is 397. The first-order chi connectivity index (χ1) is 8.04. The Morgan fingerprint density at radius 3 is 2.65 bits per heavy atom. The molecule has 8 heteroatoms. The van der Waals surface area contributed by atoms with Crippen molar-refractivity contribution in [3.63, 3.8) is 0 Å². The number of aryl methyl sites for hydroxylation is 1. The number of nitrogens with one attached hydrogen (secondary N) is 1. The van der Waals surface area contributed by atoms with Crippen LogP contribution in [-0.2, 0) is 4.79 Å². The number of aliphatic hydroxyl groups excluding tert-OH is 2. The molecule has 2 unspecified atom stereocenters. The van der Waals surface area contributed by atoms with Crippen molar-refractivity contribution in [2.75, 3.05) is 25.0 Å². The van der Waals surface area contributed by atoms with Gasteiger partial charge in [0.05, 0.1) is 18.8 Å². The van der Waals surface area contributed by atoms with Crippen LogP contribution in [0.25, 0.3) is 0 Å². The molecule has 0 bridgehead atoms. The molecule has 94 valence electrons. The largest absolute Gasteiger partial charge is 0.408 e. The Kier molecular flexibility index (Phi) is 3.36. The fourth-order valence-electron chi connectivity index (χ4n) is 1.69. The lowest BCUT2D eigenvalue weighted by molar-refractivity contribution is -0.117. The van der Waals surface area contributed by atoms with Gasteiger partial charge < -0.3 is 14.6 Å². The maximum absolute atomic E-state index is 11.5. The summed E-state index contributed by atoms with van der Waals surface area (Å²) in [6.07, 6.45) is -1.60. The average molecular weight is 242 g/mol. The number of amides is 1. The van der Waals surface area contributed by atoms with E-state index in [4.69, 9.17) is 4.42 Å². The maximum atomic E-state index is 11.5. The summed E-state index contributed by atoms with van der Waals surface area (Å²) in [5, 5.41) is 28.2. The number of β-amino-alcohol motifs (C(OH)–C–C–N with tert-alkyl or cyclic N) is 2. The number of hydrogen-bond acceptors (Lipinski definition) is 7. The van der Waals surface area contributed by atoms with Gasteiger partial charge in [-0.25, -0.2) is 0 Å². The minimum Gasteiger partial charge on any atom is -0.408 e. The SMILES string of the molecule is Cc1nnc(NC(=O)CN2CC(O)C(O)C2)o1. The van der Waals surface area contributed by atoms with Crippen LogP contribution in [-0.4, -0.2) is 63.1 Å². The third-order valence-corrected chi connectivity index (χ3v) is 2.47. The van der Waals surface area contributed by atoms with E-state index in [0.29, 0.717) is 5.89 Å². The lowest BCUT2D eigenvalue weighted by Gasteiger charge is -2.12. The second-order valence-corrected chi connectivity index (χ2v) is 4.00. The fourth-order valence-corrected chi connectivity index (χ4v) is 1.69. The summed E-state index contributed by atoms with van der Waals surface area (Å²) in [7, 11) is 0. The third-order valence-electron chi connectivity index (χ3n) is 2.47. The molecule has 3 N–H and O–H groups in total. The molecule has 2 heterocycles. The van der Waals surface area contributed by atoms with Crippen LogP contribution in [0.2, 0.25) is 0 Å². The number of hydrogen-bond donors (Lipinski definition) is 3. The molecule has 0 radical (unpaired) electrons. The smallest absolute Gasteiger partial charge is 0.322 e. The van der Waals surface area contributed by atoms with Crippen molar-refractivity contribution in [1.29, 1.82) is 0 Å². The van der Waals surface area contributed by atoms with Crippen LogP contribution in [0.5, 0.6) is 0 Å². The molecule has 1 aliphatic heterocycles. The van der Waals surface area contributed by atoms with Gasteiger partial charge in [0, 0.05) is 20.0 Å². The van der Waals surface area contributed by atoms with E-state index in [9.17, 15) is 15.0 Å². The molecular formula is C9H14N4O4. The van der Waals surface area contributed by atoms with E-state index in [1.807, 2.05) is 0 Å². The second-order valence-electron chi connectivity index (χ2n) is 4.00. The van der Waals surface area contributed by atoms with Gasteiger partial charge in [0.15, 0.2) is 0 Å². The minimum absolute atomic E-state index is 0.0489. The summed E-state index contributed by atoms with van der Waals surface area (Å²) in [6, 6.07) is 0.0489. The van der Waals surface area contributed by atoms with E-state index in [0.717, 1.165) is 0 Å². The molecule has 8 nitrogen and oxygen atoms in total. The molecule has 1 aliphatic rings. The van der Waals surface area contributed by atoms with E-state index in [1.165, 1.54) is 0 Å². The Labute approximate surface area is 97.2 Å². The number of aliphatic hydroxyl groups is 2. The maximum Gasteiger partial charge on any atom is 0.322 e. The fraction of sp³-hybridized carbons (Fsp3) is 0.667. The first-order valence-corrected chi connectivity index (χ1v) is 5.23. The van der Waals surface area contributed by atoms with Crippen LogP contribution in [0.3, 0.4) is 0 Å². The summed E-state index contributed by atoms with van der Waals surface area (Å²) < 4.78 is 4.99. The van der Waals surface area contributed by atoms with Crippen LogP contribution < -0.4 is 5.32 Å². The Morgan fingerprint density at radius 2 is 2.12 bits per heavy atom. The molecule has 1 aromatic rings. The first-order valence-electron chi connectivity index (χ1n) is 5.23. The van der Waals surface area contributed by atoms with E-state index in [1.54, 1.807) is 11.8 Å². The van der Waals surface area contributed by atoms with Crippen molar-refractivity contribution in [2.45, 2.75) is 19.1 Å². The highest BCUT2D eigenvalue weighted by Gasteiger charge is 2.30. The zero-order valence-corrected chi connectivity index (χ0v) is 9.33. The number of carbonyl (C=O) groups excluding carboxylic acids is 1. The third kappa shape index (κ3) is 2.99. The number of anilines is 1. The van der Waals surface area contributed by atoms with Crippen molar-refractivity contribution < 1.29 is 19.4 Å². The Hall–Kier alpha value is -1.51. The molecule has 2 atom stereocenters. The summed E-state index contributed by atoms with van der Waals surface area (Å²) in [5.74, 6) is 0.0438. The van der Waals surface area contributed by atoms with Gasteiger partial charge in [-0.2, -0.15) is 0 Å². The van der Waals surface area contributed by atoms with Gasteiger partial charge in [-0.05, 0) is 0 Å². The lowest BCUT2D eigenvalue weighted by Crippen LogP contribution is -2.32. The van der Waals surface area contributed by atoms with Crippen LogP contribution in [0.4, 0.5) is 6.01 Å². The van der Waals surface area contributed by atoms with Crippen molar-refractivity contribution in [2.24, 2.45) is 0 Å². The highest BCUT2D eigenvalue weighted by molar-refractivity contribution is 5.90. The normalized spacial score (nSPS) is 25.1. The number of carbonyl (C=O) groups is 1. The number of nitrogens with zero attached hydrogens (tertiary/aromatic N) is 3. The first kappa shape index (κ1) is 12.0. The predicted octanol–water partition coefficient (Wildman–Crippen LogP) is -1.65. The van der Waals surface area contributed by atoms with E-state index < -0.39 is 12.2 Å². The summed E-state index contributed by atoms with van der Waals surface area (Å²) >= 11 is 0. The van der Waals surface area contributed by atoms with Gasteiger partial charge in [-0.15, -0.1) is 5.10 Å². The molecule has 17 heavy (non-hydrogen) atoms. The van der Waals surface area contributed by atoms with Gasteiger partial charge in [0.2, 0.25) is 11.8 Å². The molecule has 0 aromatic carbocycles. The second kappa shape index (κ2) is 4.78. The molecule has 0 saturated carbocycles. The predicted molar refractivity (Wildman–Crippen MR) is 56.1 cm³/mol. The van der Waals surface area contributed by atoms with Gasteiger partial charge in [-0.1, -0.05) is 5.10 Å². The standard InChI is InChI=1S/C9H14N4O4/c1-5-11-12-9(17-5)10-8(16)4-13-2-6(14)7(15)3-13/h6-7,14-15H,2-4H2,1H3,(H,10,12,16). The minimum atomic E-state index is -0.798. The molecular weight excluding hydrogens is 228 g/mol. The Morgan fingerprint density at radius 1 is 1.47 bits per heavy atom. The van der Waals surface area contributed by atoms with E-state index >= 15 is 0 Å². The van der Waals surface area contributed by atoms with Crippen LogP contribution >= 0.6 is 0 Å². The van der Waals surface area contributed by atoms with Gasteiger partial charge in [-0.3, -0.25) is 15.0 Å². The molecule has 1 aromatic heterocycles. The number of rotatable bonds is 3. The average Bonchev–Trinajstić information content (AvgIpc) is 2.75. The topological polar surface area (TPSA) is 112 Å². The van der Waals surface area contributed by atoms with Gasteiger partial charge in [0.1, 0.15) is 0 Å². The molecule has 2 rings (SSSR count). The monoisotopic (exact) mass is 242 g/mol. The summed E-state index contributed by atoms with van der Waals surface area (Å²) in [5.41, 5.74) is 0. The number of aromatic nitrogens is 2. The zero-order chi connectivity index (χ0) is 12.4. The van der Waals surface area contributed by atoms with Gasteiger partial charge >= 0.3 is 6.01 Å². The Balaban J connectivity index is 1.82.